The van der Waals surface area contributed by atoms with Crippen LogP contribution in [0.15, 0.2) is 84.9 Å². The number of rotatable bonds is 7. The van der Waals surface area contributed by atoms with Crippen molar-refractivity contribution in [3.8, 4) is 5.75 Å². The van der Waals surface area contributed by atoms with E-state index in [2.05, 4.69) is 33.2 Å². The molecule has 0 aliphatic carbocycles. The first-order valence-corrected chi connectivity index (χ1v) is 11.7. The number of phenols is 1. The molecule has 2 atom stereocenters. The average molecular weight is 585 g/mol. The number of nitrogen functional groups attached to an aromatic ring is 1. The fraction of sp³-hybridized carbons (Fsp3) is 0.115. The molecule has 0 radical (unpaired) electrons. The first-order chi connectivity index (χ1) is 16.7. The van der Waals surface area contributed by atoms with Crippen molar-refractivity contribution in [2.45, 2.75) is 13.0 Å². The lowest BCUT2D eigenvalue weighted by Crippen LogP contribution is -2.33. The average Bonchev–Trinajstić information content (AvgIpc) is 2.84. The molecule has 0 aliphatic heterocycles. The highest BCUT2D eigenvalue weighted by atomic mass is 127. The topological polar surface area (TPSA) is 131 Å². The van der Waals surface area contributed by atoms with Gasteiger partial charge in [0, 0.05) is 20.6 Å². The van der Waals surface area contributed by atoms with Gasteiger partial charge in [-0.05, 0) is 71.1 Å². The maximum atomic E-state index is 12.6. The van der Waals surface area contributed by atoms with Crippen molar-refractivity contribution in [2.24, 2.45) is 5.92 Å². The normalized spacial score (nSPS) is 12.5. The van der Waals surface area contributed by atoms with Crippen LogP contribution in [0.4, 0.5) is 16.2 Å². The van der Waals surface area contributed by atoms with Crippen molar-refractivity contribution in [1.82, 2.24) is 5.32 Å². The van der Waals surface area contributed by atoms with E-state index in [4.69, 9.17) is 10.5 Å². The van der Waals surface area contributed by atoms with Gasteiger partial charge >= 0.3 is 6.09 Å². The van der Waals surface area contributed by atoms with Crippen molar-refractivity contribution in [3.63, 3.8) is 0 Å². The molecule has 35 heavy (non-hydrogen) atoms. The van der Waals surface area contributed by atoms with Crippen molar-refractivity contribution in [1.29, 1.82) is 0 Å². The number of hydrogen-bond donors (Lipinski definition) is 4. The Morgan fingerprint density at radius 3 is 2.43 bits per heavy atom. The molecule has 0 aromatic heterocycles. The van der Waals surface area contributed by atoms with E-state index in [9.17, 15) is 19.5 Å². The third kappa shape index (κ3) is 7.31. The Morgan fingerprint density at radius 2 is 1.71 bits per heavy atom. The van der Waals surface area contributed by atoms with Gasteiger partial charge < -0.3 is 20.9 Å². The van der Waals surface area contributed by atoms with E-state index in [0.29, 0.717) is 22.5 Å². The monoisotopic (exact) mass is 585 g/mol. The number of alkyl carbamates (subject to hydrolysis) is 1. The molecule has 0 unspecified atom stereocenters. The highest BCUT2D eigenvalue weighted by molar-refractivity contribution is 14.1. The van der Waals surface area contributed by atoms with Crippen LogP contribution in [-0.2, 0) is 9.53 Å². The lowest BCUT2D eigenvalue weighted by molar-refractivity contribution is -0.111. The van der Waals surface area contributed by atoms with E-state index >= 15 is 0 Å². The zero-order valence-corrected chi connectivity index (χ0v) is 20.9. The smallest absolute Gasteiger partial charge is 0.414 e. The molecular formula is C26H24IN3O5. The molecule has 0 fully saturated rings. The first-order valence-electron chi connectivity index (χ1n) is 10.6. The molecule has 180 valence electrons. The van der Waals surface area contributed by atoms with Crippen molar-refractivity contribution in [3.05, 3.63) is 99.6 Å². The number of imide groups is 1. The highest BCUT2D eigenvalue weighted by Crippen LogP contribution is 2.34. The second-order valence-electron chi connectivity index (χ2n) is 7.64. The number of carbonyl (C=O) groups is 3. The Morgan fingerprint density at radius 1 is 1.03 bits per heavy atom. The SMILES string of the molecule is C[C@@H](/C=C/C(=O)Nc1ccccc1N)[C@H](OC(=O)NC(=O)c1ccccc1)c1cc(I)ccc1O. The van der Waals surface area contributed by atoms with Crippen LogP contribution in [0.2, 0.25) is 0 Å². The van der Waals surface area contributed by atoms with Crippen LogP contribution >= 0.6 is 22.6 Å². The third-order valence-corrected chi connectivity index (χ3v) is 5.70. The number of phenolic OH excluding ortho intramolecular Hbond substituents is 1. The molecule has 5 N–H and O–H groups in total. The minimum absolute atomic E-state index is 0.0839. The summed E-state index contributed by atoms with van der Waals surface area (Å²) in [4.78, 5) is 37.3. The molecule has 0 aliphatic rings. The maximum Gasteiger partial charge on any atom is 0.414 e. The zero-order chi connectivity index (χ0) is 25.4. The van der Waals surface area contributed by atoms with Gasteiger partial charge in [0.25, 0.3) is 5.91 Å². The molecular weight excluding hydrogens is 561 g/mol. The van der Waals surface area contributed by atoms with E-state index in [1.54, 1.807) is 79.7 Å². The first kappa shape index (κ1) is 25.8. The Bertz CT molecular complexity index is 1250. The number of halogens is 1. The zero-order valence-electron chi connectivity index (χ0n) is 18.8. The Balaban J connectivity index is 1.77. The van der Waals surface area contributed by atoms with Gasteiger partial charge in [0.1, 0.15) is 11.9 Å². The summed E-state index contributed by atoms with van der Waals surface area (Å²) in [6.07, 6.45) is 0.874. The van der Waals surface area contributed by atoms with Crippen LogP contribution in [0.1, 0.15) is 28.9 Å². The van der Waals surface area contributed by atoms with Crippen LogP contribution < -0.4 is 16.4 Å². The van der Waals surface area contributed by atoms with Gasteiger partial charge in [-0.1, -0.05) is 43.3 Å². The summed E-state index contributed by atoms with van der Waals surface area (Å²) in [5.41, 5.74) is 7.38. The Kier molecular flexibility index (Phi) is 8.85. The van der Waals surface area contributed by atoms with E-state index in [0.717, 1.165) is 3.57 Å². The number of nitrogens with two attached hydrogens (primary N) is 1. The predicted molar refractivity (Wildman–Crippen MR) is 142 cm³/mol. The highest BCUT2D eigenvalue weighted by Gasteiger charge is 2.26. The van der Waals surface area contributed by atoms with Gasteiger partial charge in [-0.2, -0.15) is 0 Å². The molecule has 9 heteroatoms. The Hall–Kier alpha value is -3.86. The van der Waals surface area contributed by atoms with E-state index < -0.39 is 29.9 Å². The third-order valence-electron chi connectivity index (χ3n) is 5.03. The van der Waals surface area contributed by atoms with Gasteiger partial charge in [0.05, 0.1) is 11.4 Å². The molecule has 8 nitrogen and oxygen atoms in total. The van der Waals surface area contributed by atoms with E-state index in [1.807, 2.05) is 0 Å². The number of carbonyl (C=O) groups excluding carboxylic acids is 3. The lowest BCUT2D eigenvalue weighted by Gasteiger charge is -2.23. The van der Waals surface area contributed by atoms with Gasteiger partial charge in [-0.3, -0.25) is 14.9 Å². The summed E-state index contributed by atoms with van der Waals surface area (Å²) >= 11 is 2.07. The summed E-state index contributed by atoms with van der Waals surface area (Å²) in [7, 11) is 0. The van der Waals surface area contributed by atoms with Gasteiger partial charge in [0.15, 0.2) is 0 Å². The van der Waals surface area contributed by atoms with Gasteiger partial charge in [-0.15, -0.1) is 0 Å². The van der Waals surface area contributed by atoms with Crippen molar-refractivity contribution < 1.29 is 24.2 Å². The fourth-order valence-corrected chi connectivity index (χ4v) is 3.75. The van der Waals surface area contributed by atoms with Crippen molar-refractivity contribution >= 4 is 51.9 Å². The van der Waals surface area contributed by atoms with Crippen LogP contribution in [0.5, 0.6) is 5.75 Å². The summed E-state index contributed by atoms with van der Waals surface area (Å²) in [6.45, 7) is 1.72. The molecule has 3 aromatic rings. The van der Waals surface area contributed by atoms with Crippen LogP contribution in [0, 0.1) is 9.49 Å². The number of hydrogen-bond acceptors (Lipinski definition) is 6. The Labute approximate surface area is 216 Å². The summed E-state index contributed by atoms with van der Waals surface area (Å²) in [5.74, 6) is -1.68. The van der Waals surface area contributed by atoms with Gasteiger partial charge in [-0.25, -0.2) is 4.79 Å². The number of ether oxygens (including phenoxy) is 1. The fourth-order valence-electron chi connectivity index (χ4n) is 3.23. The molecule has 0 saturated carbocycles. The number of nitrogens with one attached hydrogen (secondary N) is 2. The van der Waals surface area contributed by atoms with Crippen LogP contribution in [-0.4, -0.2) is 23.0 Å². The molecule has 0 heterocycles. The number of amides is 3. The van der Waals surface area contributed by atoms with E-state index in [1.165, 1.54) is 12.1 Å². The van der Waals surface area contributed by atoms with Crippen molar-refractivity contribution in [2.75, 3.05) is 11.1 Å². The molecule has 0 bridgehead atoms. The minimum Gasteiger partial charge on any atom is -0.508 e. The standard InChI is InChI=1S/C26H24IN3O5/c1-16(11-14-23(32)29-21-10-6-5-9-20(21)28)24(19-15-18(27)12-13-22(19)31)35-26(34)30-25(33)17-7-3-2-4-8-17/h2-16,24,31H,28H2,1H3,(H,29,32)(H,30,33,34)/b14-11+/t16-,24-/m0/s1. The number of aromatic hydroxyl groups is 1. The van der Waals surface area contributed by atoms with Crippen LogP contribution in [0.25, 0.3) is 0 Å². The maximum absolute atomic E-state index is 12.6. The summed E-state index contributed by atoms with van der Waals surface area (Å²) in [6, 6.07) is 19.9. The van der Waals surface area contributed by atoms with Crippen LogP contribution in [0.3, 0.4) is 0 Å². The largest absolute Gasteiger partial charge is 0.508 e. The molecule has 0 saturated heterocycles. The number of para-hydroxylation sites is 2. The molecule has 0 spiro atoms. The quantitative estimate of drug-likeness (QED) is 0.175. The molecule has 3 amide bonds. The number of anilines is 2. The summed E-state index contributed by atoms with van der Waals surface area (Å²) < 4.78 is 6.36. The second kappa shape index (κ2) is 12.0. The molecule has 3 rings (SSSR count). The lowest BCUT2D eigenvalue weighted by atomic mass is 9.96. The van der Waals surface area contributed by atoms with E-state index in [-0.39, 0.29) is 5.75 Å². The minimum atomic E-state index is -0.987. The van der Waals surface area contributed by atoms with Gasteiger partial charge in [0.2, 0.25) is 5.91 Å². The predicted octanol–water partition coefficient (Wildman–Crippen LogP) is 5.02. The molecule has 3 aromatic carbocycles. The number of benzene rings is 3. The second-order valence-corrected chi connectivity index (χ2v) is 8.89. The summed E-state index contributed by atoms with van der Waals surface area (Å²) in [5, 5.41) is 15.3.